The number of aromatic nitrogens is 4. The van der Waals surface area contributed by atoms with Gasteiger partial charge in [-0.15, -0.1) is 0 Å². The van der Waals surface area contributed by atoms with E-state index >= 15 is 0 Å². The molecule has 110 valence electrons. The quantitative estimate of drug-likeness (QED) is 0.750. The summed E-state index contributed by atoms with van der Waals surface area (Å²) in [5.41, 5.74) is 6.33. The molecule has 0 aromatic carbocycles. The molecule has 0 radical (unpaired) electrons. The molecule has 0 saturated heterocycles. The third-order valence-electron chi connectivity index (χ3n) is 2.66. The molecule has 0 spiro atoms. The number of hydrogen-bond acceptors (Lipinski definition) is 7. The molecule has 0 aliphatic heterocycles. The lowest BCUT2D eigenvalue weighted by molar-refractivity contribution is -0.144. The third-order valence-corrected chi connectivity index (χ3v) is 2.66. The van der Waals surface area contributed by atoms with Crippen molar-refractivity contribution in [2.75, 3.05) is 26.1 Å². The molecule has 0 amide bonds. The molecule has 8 nitrogen and oxygen atoms in total. The number of ether oxygens (including phenoxy) is 3. The summed E-state index contributed by atoms with van der Waals surface area (Å²) in [6, 6.07) is 0.200. The van der Waals surface area contributed by atoms with Crippen LogP contribution in [0.1, 0.15) is 13.8 Å². The zero-order valence-corrected chi connectivity index (χ0v) is 11.9. The van der Waals surface area contributed by atoms with Gasteiger partial charge in [0.05, 0.1) is 19.0 Å². The van der Waals surface area contributed by atoms with Crippen LogP contribution in [-0.4, -0.2) is 46.4 Å². The Kier molecular flexibility index (Phi) is 4.70. The molecule has 0 aliphatic carbocycles. The standard InChI is InChI=1S/C12H19N5O3/c1-4-19-9(20-5-2)7-17-6-8-10(13)14-12(18-3)15-11(8)16-17/h6,9H,4-5,7H2,1-3H3,(H2,13,14,15,16). The highest BCUT2D eigenvalue weighted by Crippen LogP contribution is 2.19. The highest BCUT2D eigenvalue weighted by Gasteiger charge is 2.14. The number of methoxy groups -OCH3 is 1. The second-order valence-electron chi connectivity index (χ2n) is 4.02. The van der Waals surface area contributed by atoms with Gasteiger partial charge in [-0.05, 0) is 13.8 Å². The molecular weight excluding hydrogens is 262 g/mol. The van der Waals surface area contributed by atoms with Gasteiger partial charge in [0, 0.05) is 19.4 Å². The van der Waals surface area contributed by atoms with Crippen molar-refractivity contribution in [3.05, 3.63) is 6.20 Å². The normalized spacial score (nSPS) is 11.4. The molecule has 2 heterocycles. The lowest BCUT2D eigenvalue weighted by Crippen LogP contribution is -2.23. The summed E-state index contributed by atoms with van der Waals surface area (Å²) in [7, 11) is 1.48. The predicted octanol–water partition coefficient (Wildman–Crippen LogP) is 0.816. The number of anilines is 1. The van der Waals surface area contributed by atoms with Crippen molar-refractivity contribution in [2.45, 2.75) is 26.7 Å². The number of nitrogens with zero attached hydrogens (tertiary/aromatic N) is 4. The van der Waals surface area contributed by atoms with Crippen molar-refractivity contribution in [1.82, 2.24) is 19.7 Å². The van der Waals surface area contributed by atoms with Crippen LogP contribution in [0.25, 0.3) is 11.0 Å². The molecule has 0 bridgehead atoms. The van der Waals surface area contributed by atoms with Gasteiger partial charge in [0.2, 0.25) is 0 Å². The third kappa shape index (κ3) is 3.14. The Morgan fingerprint density at radius 1 is 1.25 bits per heavy atom. The number of hydrogen-bond donors (Lipinski definition) is 1. The Morgan fingerprint density at radius 2 is 1.95 bits per heavy atom. The van der Waals surface area contributed by atoms with E-state index in [2.05, 4.69) is 15.1 Å². The molecule has 2 N–H and O–H groups in total. The minimum atomic E-state index is -0.351. The van der Waals surface area contributed by atoms with Crippen molar-refractivity contribution in [1.29, 1.82) is 0 Å². The number of nitrogens with two attached hydrogens (primary N) is 1. The van der Waals surface area contributed by atoms with E-state index < -0.39 is 0 Å². The summed E-state index contributed by atoms with van der Waals surface area (Å²) >= 11 is 0. The molecule has 0 aliphatic rings. The molecule has 0 unspecified atom stereocenters. The summed E-state index contributed by atoms with van der Waals surface area (Å²) < 4.78 is 17.6. The SMILES string of the molecule is CCOC(Cn1cc2c(N)nc(OC)nc2n1)OCC. The second-order valence-corrected chi connectivity index (χ2v) is 4.02. The van der Waals surface area contributed by atoms with E-state index in [1.54, 1.807) is 10.9 Å². The van der Waals surface area contributed by atoms with Gasteiger partial charge in [-0.1, -0.05) is 0 Å². The molecule has 0 saturated carbocycles. The zero-order chi connectivity index (χ0) is 14.5. The Morgan fingerprint density at radius 3 is 2.55 bits per heavy atom. The second kappa shape index (κ2) is 6.49. The van der Waals surface area contributed by atoms with Crippen LogP contribution in [0.2, 0.25) is 0 Å². The fourth-order valence-corrected chi connectivity index (χ4v) is 1.82. The lowest BCUT2D eigenvalue weighted by atomic mass is 10.4. The van der Waals surface area contributed by atoms with Gasteiger partial charge in [-0.25, -0.2) is 0 Å². The van der Waals surface area contributed by atoms with Crippen LogP contribution in [0.3, 0.4) is 0 Å². The molecule has 0 fully saturated rings. The fraction of sp³-hybridized carbons (Fsp3) is 0.583. The lowest BCUT2D eigenvalue weighted by Gasteiger charge is -2.16. The van der Waals surface area contributed by atoms with Crippen molar-refractivity contribution in [3.8, 4) is 6.01 Å². The molecular formula is C12H19N5O3. The summed E-state index contributed by atoms with van der Waals surface area (Å²) in [6.45, 7) is 5.43. The number of fused-ring (bicyclic) bond motifs is 1. The van der Waals surface area contributed by atoms with Gasteiger partial charge in [0.25, 0.3) is 0 Å². The first-order valence-corrected chi connectivity index (χ1v) is 6.45. The maximum Gasteiger partial charge on any atom is 0.320 e. The van der Waals surface area contributed by atoms with Crippen LogP contribution < -0.4 is 10.5 Å². The van der Waals surface area contributed by atoms with E-state index in [1.165, 1.54) is 7.11 Å². The average molecular weight is 281 g/mol. The summed E-state index contributed by atoms with van der Waals surface area (Å²) in [4.78, 5) is 8.16. The monoisotopic (exact) mass is 281 g/mol. The first-order valence-electron chi connectivity index (χ1n) is 6.45. The van der Waals surface area contributed by atoms with E-state index in [9.17, 15) is 0 Å². The van der Waals surface area contributed by atoms with Crippen molar-refractivity contribution in [3.63, 3.8) is 0 Å². The van der Waals surface area contributed by atoms with E-state index in [0.717, 1.165) is 0 Å². The smallest absolute Gasteiger partial charge is 0.320 e. The van der Waals surface area contributed by atoms with E-state index in [4.69, 9.17) is 19.9 Å². The maximum absolute atomic E-state index is 5.85. The Bertz CT molecular complexity index is 565. The number of rotatable bonds is 7. The first-order chi connectivity index (χ1) is 9.67. The highest BCUT2D eigenvalue weighted by atomic mass is 16.7. The van der Waals surface area contributed by atoms with Crippen LogP contribution >= 0.6 is 0 Å². The largest absolute Gasteiger partial charge is 0.467 e. The topological polar surface area (TPSA) is 97.3 Å². The van der Waals surface area contributed by atoms with Gasteiger partial charge in [0.1, 0.15) is 5.82 Å². The van der Waals surface area contributed by atoms with Crippen LogP contribution in [-0.2, 0) is 16.0 Å². The Hall–Kier alpha value is -1.93. The van der Waals surface area contributed by atoms with E-state index in [-0.39, 0.29) is 12.3 Å². The summed E-state index contributed by atoms with van der Waals surface area (Å²) in [6.07, 6.45) is 1.42. The fourth-order valence-electron chi connectivity index (χ4n) is 1.82. The van der Waals surface area contributed by atoms with Gasteiger partial charge in [-0.2, -0.15) is 15.1 Å². The molecule has 8 heteroatoms. The number of nitrogen functional groups attached to an aromatic ring is 1. The van der Waals surface area contributed by atoms with Crippen LogP contribution in [0, 0.1) is 0 Å². The minimum Gasteiger partial charge on any atom is -0.467 e. The maximum atomic E-state index is 5.85. The Balaban J connectivity index is 2.24. The van der Waals surface area contributed by atoms with Crippen molar-refractivity contribution >= 4 is 16.9 Å². The van der Waals surface area contributed by atoms with Gasteiger partial charge >= 0.3 is 6.01 Å². The van der Waals surface area contributed by atoms with Gasteiger partial charge in [-0.3, -0.25) is 4.68 Å². The highest BCUT2D eigenvalue weighted by molar-refractivity contribution is 5.84. The molecule has 2 aromatic rings. The van der Waals surface area contributed by atoms with Crippen molar-refractivity contribution in [2.24, 2.45) is 0 Å². The van der Waals surface area contributed by atoms with E-state index in [0.29, 0.717) is 36.6 Å². The predicted molar refractivity (Wildman–Crippen MR) is 73.3 cm³/mol. The average Bonchev–Trinajstić information content (AvgIpc) is 2.82. The Labute approximate surface area is 116 Å². The molecule has 0 atom stereocenters. The van der Waals surface area contributed by atoms with Crippen LogP contribution in [0.4, 0.5) is 5.82 Å². The van der Waals surface area contributed by atoms with E-state index in [1.807, 2.05) is 13.8 Å². The van der Waals surface area contributed by atoms with Gasteiger partial charge in [0.15, 0.2) is 11.9 Å². The molecule has 20 heavy (non-hydrogen) atoms. The van der Waals surface area contributed by atoms with Crippen LogP contribution in [0.5, 0.6) is 6.01 Å². The molecule has 2 rings (SSSR count). The summed E-state index contributed by atoms with van der Waals surface area (Å²) in [5.74, 6) is 0.336. The zero-order valence-electron chi connectivity index (χ0n) is 11.9. The molecule has 2 aromatic heterocycles. The minimum absolute atomic E-state index is 0.200. The van der Waals surface area contributed by atoms with Gasteiger partial charge < -0.3 is 19.9 Å². The summed E-state index contributed by atoms with van der Waals surface area (Å²) in [5, 5.41) is 5.01. The first kappa shape index (κ1) is 14.5. The van der Waals surface area contributed by atoms with Crippen LogP contribution in [0.15, 0.2) is 6.20 Å². The van der Waals surface area contributed by atoms with Crippen molar-refractivity contribution < 1.29 is 14.2 Å².